The van der Waals surface area contributed by atoms with Crippen molar-refractivity contribution in [3.63, 3.8) is 0 Å². The Morgan fingerprint density at radius 1 is 1.09 bits per heavy atom. The van der Waals surface area contributed by atoms with Gasteiger partial charge in [0, 0.05) is 12.1 Å². The van der Waals surface area contributed by atoms with Crippen molar-refractivity contribution in [3.8, 4) is 16.9 Å². The molecule has 0 atom stereocenters. The summed E-state index contributed by atoms with van der Waals surface area (Å²) in [6.45, 7) is 6.17. The second-order valence-corrected chi connectivity index (χ2v) is 8.53. The number of likely N-dealkylation sites (tertiary alicyclic amines) is 1. The van der Waals surface area contributed by atoms with Crippen LogP contribution in [0.25, 0.3) is 11.1 Å². The number of nitrogens with zero attached hydrogens (tertiary/aromatic N) is 1. The number of halogens is 3. The van der Waals surface area contributed by atoms with Crippen molar-refractivity contribution in [2.24, 2.45) is 5.92 Å². The molecular weight excluding hydrogens is 419 g/mol. The van der Waals surface area contributed by atoms with Gasteiger partial charge in [-0.15, -0.1) is 0 Å². The molecule has 32 heavy (non-hydrogen) atoms. The number of hydrogen-bond donors (Lipinski definition) is 1. The second kappa shape index (κ2) is 10.4. The van der Waals surface area contributed by atoms with Crippen LogP contribution in [0, 0.1) is 17.6 Å². The molecule has 0 aliphatic carbocycles. The fraction of sp³-hybridized carbons (Fsp3) is 0.480. The number of aromatic carboxylic acids is 1. The molecule has 1 fully saturated rings. The summed E-state index contributed by atoms with van der Waals surface area (Å²) in [7, 11) is 0. The molecule has 0 spiro atoms. The maximum Gasteiger partial charge on any atom is 0.335 e. The minimum absolute atomic E-state index is 0.0958. The van der Waals surface area contributed by atoms with E-state index in [0.29, 0.717) is 31.6 Å². The van der Waals surface area contributed by atoms with Crippen molar-refractivity contribution < 1.29 is 27.8 Å². The van der Waals surface area contributed by atoms with E-state index in [9.17, 15) is 18.0 Å². The largest absolute Gasteiger partial charge is 0.490 e. The van der Waals surface area contributed by atoms with Crippen LogP contribution in [0.4, 0.5) is 13.2 Å². The third-order valence-corrected chi connectivity index (χ3v) is 6.41. The highest BCUT2D eigenvalue weighted by Crippen LogP contribution is 2.30. The Morgan fingerprint density at radius 3 is 2.34 bits per heavy atom. The smallest absolute Gasteiger partial charge is 0.335 e. The van der Waals surface area contributed by atoms with Crippen LogP contribution in [-0.4, -0.2) is 47.9 Å². The molecule has 0 amide bonds. The van der Waals surface area contributed by atoms with Gasteiger partial charge in [0.05, 0.1) is 12.2 Å². The summed E-state index contributed by atoms with van der Waals surface area (Å²) in [4.78, 5) is 13.1. The minimum Gasteiger partial charge on any atom is -0.490 e. The molecule has 0 unspecified atom stereocenters. The number of rotatable bonds is 9. The summed E-state index contributed by atoms with van der Waals surface area (Å²) in [5.74, 6) is -2.19. The molecule has 0 bridgehead atoms. The number of carboxylic acid groups (broad SMARTS) is 1. The van der Waals surface area contributed by atoms with E-state index in [1.807, 2.05) is 13.8 Å². The lowest BCUT2D eigenvalue weighted by molar-refractivity contribution is 0.0565. The summed E-state index contributed by atoms with van der Waals surface area (Å²) in [6, 6.07) is 7.72. The van der Waals surface area contributed by atoms with E-state index in [-0.39, 0.29) is 22.8 Å². The van der Waals surface area contributed by atoms with Crippen molar-refractivity contribution in [1.29, 1.82) is 0 Å². The van der Waals surface area contributed by atoms with Crippen LogP contribution in [0.15, 0.2) is 36.4 Å². The predicted molar refractivity (Wildman–Crippen MR) is 118 cm³/mol. The van der Waals surface area contributed by atoms with Crippen molar-refractivity contribution in [1.82, 2.24) is 4.90 Å². The molecule has 1 N–H and O–H groups in total. The highest BCUT2D eigenvalue weighted by atomic mass is 19.1. The van der Waals surface area contributed by atoms with Gasteiger partial charge in [0.2, 0.25) is 0 Å². The SMILES string of the molecule is CCC(F)(CC)CN1CCC(COc2ccc(-c3ccc(C(=O)O)cc3F)cc2F)CC1. The van der Waals surface area contributed by atoms with Crippen LogP contribution >= 0.6 is 0 Å². The third kappa shape index (κ3) is 5.82. The van der Waals surface area contributed by atoms with Crippen LogP contribution < -0.4 is 4.74 Å². The first-order valence-electron chi connectivity index (χ1n) is 11.1. The topological polar surface area (TPSA) is 49.8 Å². The highest BCUT2D eigenvalue weighted by Gasteiger charge is 2.30. The summed E-state index contributed by atoms with van der Waals surface area (Å²) >= 11 is 0. The minimum atomic E-state index is -1.23. The van der Waals surface area contributed by atoms with Crippen LogP contribution in [0.1, 0.15) is 49.9 Å². The van der Waals surface area contributed by atoms with Gasteiger partial charge in [0.25, 0.3) is 0 Å². The summed E-state index contributed by atoms with van der Waals surface area (Å²) < 4.78 is 49.1. The summed E-state index contributed by atoms with van der Waals surface area (Å²) in [6.07, 6.45) is 2.75. The molecule has 7 heteroatoms. The van der Waals surface area contributed by atoms with Gasteiger partial charge >= 0.3 is 5.97 Å². The van der Waals surface area contributed by atoms with Crippen molar-refractivity contribution >= 4 is 5.97 Å². The van der Waals surface area contributed by atoms with E-state index in [4.69, 9.17) is 9.84 Å². The Hall–Kier alpha value is -2.54. The first kappa shape index (κ1) is 24.1. The van der Waals surface area contributed by atoms with Crippen molar-refractivity contribution in [2.75, 3.05) is 26.2 Å². The lowest BCUT2D eigenvalue weighted by Gasteiger charge is -2.36. The van der Waals surface area contributed by atoms with E-state index in [1.165, 1.54) is 24.3 Å². The van der Waals surface area contributed by atoms with Gasteiger partial charge in [-0.1, -0.05) is 26.0 Å². The number of alkyl halides is 1. The summed E-state index contributed by atoms with van der Waals surface area (Å²) in [5, 5.41) is 8.94. The monoisotopic (exact) mass is 449 g/mol. The fourth-order valence-electron chi connectivity index (χ4n) is 4.06. The van der Waals surface area contributed by atoms with Gasteiger partial charge in [-0.3, -0.25) is 0 Å². The average molecular weight is 450 g/mol. The van der Waals surface area contributed by atoms with E-state index in [0.717, 1.165) is 32.0 Å². The molecule has 1 aliphatic heterocycles. The highest BCUT2D eigenvalue weighted by molar-refractivity contribution is 5.88. The quantitative estimate of drug-likeness (QED) is 0.514. The zero-order chi connectivity index (χ0) is 23.3. The van der Waals surface area contributed by atoms with Crippen molar-refractivity contribution in [3.05, 3.63) is 53.6 Å². The molecule has 2 aromatic rings. The Bertz CT molecular complexity index is 938. The van der Waals surface area contributed by atoms with Gasteiger partial charge in [0.1, 0.15) is 11.5 Å². The molecule has 174 valence electrons. The van der Waals surface area contributed by atoms with E-state index >= 15 is 0 Å². The number of carbonyl (C=O) groups is 1. The molecule has 4 nitrogen and oxygen atoms in total. The van der Waals surface area contributed by atoms with Crippen LogP contribution in [0.2, 0.25) is 0 Å². The maximum absolute atomic E-state index is 14.6. The number of piperidine rings is 1. The van der Waals surface area contributed by atoms with Crippen LogP contribution in [-0.2, 0) is 0 Å². The van der Waals surface area contributed by atoms with Gasteiger partial charge in [0.15, 0.2) is 11.6 Å². The third-order valence-electron chi connectivity index (χ3n) is 6.41. The molecule has 0 radical (unpaired) electrons. The molecule has 2 aromatic carbocycles. The first-order valence-corrected chi connectivity index (χ1v) is 11.1. The second-order valence-electron chi connectivity index (χ2n) is 8.53. The average Bonchev–Trinajstić information content (AvgIpc) is 2.79. The Balaban J connectivity index is 1.56. The number of benzene rings is 2. The number of hydrogen-bond acceptors (Lipinski definition) is 3. The van der Waals surface area contributed by atoms with Gasteiger partial charge < -0.3 is 14.7 Å². The fourth-order valence-corrected chi connectivity index (χ4v) is 4.06. The molecule has 1 aliphatic rings. The van der Waals surface area contributed by atoms with Crippen LogP contribution in [0.5, 0.6) is 5.75 Å². The normalized spacial score (nSPS) is 15.7. The first-order chi connectivity index (χ1) is 15.2. The van der Waals surface area contributed by atoms with Crippen molar-refractivity contribution in [2.45, 2.75) is 45.2 Å². The Kier molecular flexibility index (Phi) is 7.82. The molecule has 0 saturated carbocycles. The van der Waals surface area contributed by atoms with Crippen LogP contribution in [0.3, 0.4) is 0 Å². The van der Waals surface area contributed by atoms with E-state index < -0.39 is 23.3 Å². The predicted octanol–water partition coefficient (Wildman–Crippen LogP) is 5.95. The Labute approximate surface area is 187 Å². The lowest BCUT2D eigenvalue weighted by atomic mass is 9.94. The maximum atomic E-state index is 14.6. The molecule has 1 saturated heterocycles. The van der Waals surface area contributed by atoms with E-state index in [2.05, 4.69) is 4.90 Å². The molecule has 3 rings (SSSR count). The number of carboxylic acids is 1. The van der Waals surface area contributed by atoms with Gasteiger partial charge in [-0.2, -0.15) is 0 Å². The van der Waals surface area contributed by atoms with Gasteiger partial charge in [-0.05, 0) is 74.5 Å². The lowest BCUT2D eigenvalue weighted by Crippen LogP contribution is -2.44. The molecule has 1 heterocycles. The zero-order valence-corrected chi connectivity index (χ0v) is 18.5. The standard InChI is InChI=1S/C25H30F3NO3/c1-3-25(28,4-2)16-29-11-9-17(10-12-29)15-32-23-8-6-18(13-22(23)27)20-7-5-19(24(30)31)14-21(20)26/h5-8,13-14,17H,3-4,9-12,15-16H2,1-2H3,(H,30,31). The Morgan fingerprint density at radius 2 is 1.78 bits per heavy atom. The summed E-state index contributed by atoms with van der Waals surface area (Å²) in [5.41, 5.74) is -0.879. The van der Waals surface area contributed by atoms with E-state index in [1.54, 1.807) is 6.07 Å². The number of ether oxygens (including phenoxy) is 1. The molecular formula is C25H30F3NO3. The molecule has 0 aromatic heterocycles. The zero-order valence-electron chi connectivity index (χ0n) is 18.5. The van der Waals surface area contributed by atoms with Gasteiger partial charge in [-0.25, -0.2) is 18.0 Å².